The lowest BCUT2D eigenvalue weighted by Gasteiger charge is -2.16. The van der Waals surface area contributed by atoms with Crippen LogP contribution in [0, 0.1) is 5.92 Å². The summed E-state index contributed by atoms with van der Waals surface area (Å²) in [6.07, 6.45) is 8.11. The molecule has 1 saturated carbocycles. The predicted octanol–water partition coefficient (Wildman–Crippen LogP) is 2.12. The number of nitrogens with two attached hydrogens (primary N) is 1. The number of hydrogen-bond donors (Lipinski definition) is 1. The molecule has 5 heteroatoms. The van der Waals surface area contributed by atoms with Crippen LogP contribution in [0.25, 0.3) is 0 Å². The Morgan fingerprint density at radius 1 is 1.30 bits per heavy atom. The second kappa shape index (κ2) is 6.13. The highest BCUT2D eigenvalue weighted by molar-refractivity contribution is 5.09. The van der Waals surface area contributed by atoms with E-state index in [4.69, 9.17) is 10.3 Å². The maximum Gasteiger partial charge on any atom is 0.228 e. The van der Waals surface area contributed by atoms with Crippen molar-refractivity contribution in [3.8, 4) is 0 Å². The summed E-state index contributed by atoms with van der Waals surface area (Å²) in [6.45, 7) is 0. The van der Waals surface area contributed by atoms with Gasteiger partial charge in [0, 0.05) is 24.4 Å². The molecule has 106 valence electrons. The molecule has 1 unspecified atom stereocenters. The Morgan fingerprint density at radius 2 is 2.15 bits per heavy atom. The van der Waals surface area contributed by atoms with Crippen molar-refractivity contribution in [3.05, 3.63) is 41.8 Å². The van der Waals surface area contributed by atoms with E-state index in [0.29, 0.717) is 30.5 Å². The Hall–Kier alpha value is -1.75. The first-order valence-corrected chi connectivity index (χ1v) is 7.28. The molecule has 0 amide bonds. The number of hydrogen-bond acceptors (Lipinski definition) is 5. The van der Waals surface area contributed by atoms with Gasteiger partial charge >= 0.3 is 0 Å². The van der Waals surface area contributed by atoms with E-state index >= 15 is 0 Å². The van der Waals surface area contributed by atoms with E-state index in [-0.39, 0.29) is 6.04 Å². The molecular weight excluding hydrogens is 252 g/mol. The van der Waals surface area contributed by atoms with Crippen LogP contribution in [0.4, 0.5) is 0 Å². The van der Waals surface area contributed by atoms with Gasteiger partial charge in [-0.1, -0.05) is 24.1 Å². The summed E-state index contributed by atoms with van der Waals surface area (Å²) in [5, 5.41) is 4.01. The second-order valence-corrected chi connectivity index (χ2v) is 5.51. The number of pyridine rings is 1. The topological polar surface area (TPSA) is 77.8 Å². The standard InChI is InChI=1S/C15H20N4O/c16-13(11-5-1-2-6-11)10-15-18-14(19-20-15)9-12-7-3-4-8-17-12/h3-4,7-8,11,13H,1-2,5-6,9-10,16H2. The van der Waals surface area contributed by atoms with Crippen LogP contribution in [-0.2, 0) is 12.8 Å². The maximum atomic E-state index is 6.23. The molecule has 2 aromatic heterocycles. The van der Waals surface area contributed by atoms with E-state index in [0.717, 1.165) is 5.69 Å². The first kappa shape index (κ1) is 13.2. The van der Waals surface area contributed by atoms with Crippen LogP contribution in [-0.4, -0.2) is 21.2 Å². The Morgan fingerprint density at radius 3 is 2.90 bits per heavy atom. The summed E-state index contributed by atoms with van der Waals surface area (Å²) in [5.41, 5.74) is 7.18. The third-order valence-electron chi connectivity index (χ3n) is 3.99. The summed E-state index contributed by atoms with van der Waals surface area (Å²) >= 11 is 0. The SMILES string of the molecule is NC(Cc1nc(Cc2ccccn2)no1)C1CCCC1. The fourth-order valence-corrected chi connectivity index (χ4v) is 2.86. The molecule has 0 saturated heterocycles. The quantitative estimate of drug-likeness (QED) is 0.902. The number of aromatic nitrogens is 3. The van der Waals surface area contributed by atoms with Crippen molar-refractivity contribution in [2.24, 2.45) is 11.7 Å². The van der Waals surface area contributed by atoms with Gasteiger partial charge in [-0.2, -0.15) is 4.98 Å². The van der Waals surface area contributed by atoms with Gasteiger partial charge in [-0.05, 0) is 30.9 Å². The van der Waals surface area contributed by atoms with Crippen LogP contribution in [0.2, 0.25) is 0 Å². The third-order valence-corrected chi connectivity index (χ3v) is 3.99. The van der Waals surface area contributed by atoms with Gasteiger partial charge in [0.25, 0.3) is 0 Å². The highest BCUT2D eigenvalue weighted by Gasteiger charge is 2.24. The van der Waals surface area contributed by atoms with E-state index in [2.05, 4.69) is 15.1 Å². The molecule has 5 nitrogen and oxygen atoms in total. The Kier molecular flexibility index (Phi) is 4.06. The Labute approximate surface area is 118 Å². The minimum Gasteiger partial charge on any atom is -0.339 e. The molecule has 1 aliphatic carbocycles. The van der Waals surface area contributed by atoms with Gasteiger partial charge in [-0.25, -0.2) is 0 Å². The van der Waals surface area contributed by atoms with Gasteiger partial charge in [0.2, 0.25) is 5.89 Å². The number of nitrogens with zero attached hydrogens (tertiary/aromatic N) is 3. The average molecular weight is 272 g/mol. The van der Waals surface area contributed by atoms with Gasteiger partial charge < -0.3 is 10.3 Å². The van der Waals surface area contributed by atoms with Crippen molar-refractivity contribution in [3.63, 3.8) is 0 Å². The van der Waals surface area contributed by atoms with Gasteiger partial charge in [0.1, 0.15) is 0 Å². The fraction of sp³-hybridized carbons (Fsp3) is 0.533. The van der Waals surface area contributed by atoms with Crippen molar-refractivity contribution in [2.75, 3.05) is 0 Å². The molecule has 3 rings (SSSR count). The van der Waals surface area contributed by atoms with Crippen molar-refractivity contribution in [1.82, 2.24) is 15.1 Å². The Bertz CT molecular complexity index is 534. The molecule has 0 bridgehead atoms. The van der Waals surface area contributed by atoms with Crippen LogP contribution >= 0.6 is 0 Å². The summed E-state index contributed by atoms with van der Waals surface area (Å²) < 4.78 is 5.30. The smallest absolute Gasteiger partial charge is 0.228 e. The third kappa shape index (κ3) is 3.22. The van der Waals surface area contributed by atoms with Gasteiger partial charge in [-0.15, -0.1) is 0 Å². The molecule has 2 aromatic rings. The Balaban J connectivity index is 1.59. The van der Waals surface area contributed by atoms with E-state index in [1.165, 1.54) is 25.7 Å². The highest BCUT2D eigenvalue weighted by atomic mass is 16.5. The molecule has 0 aliphatic heterocycles. The largest absolute Gasteiger partial charge is 0.339 e. The van der Waals surface area contributed by atoms with Crippen molar-refractivity contribution in [1.29, 1.82) is 0 Å². The molecular formula is C15H20N4O. The van der Waals surface area contributed by atoms with Crippen LogP contribution in [0.1, 0.15) is 43.1 Å². The van der Waals surface area contributed by atoms with Crippen molar-refractivity contribution >= 4 is 0 Å². The van der Waals surface area contributed by atoms with E-state index < -0.39 is 0 Å². The average Bonchev–Trinajstić information content (AvgIpc) is 3.11. The zero-order valence-corrected chi connectivity index (χ0v) is 11.5. The summed E-state index contributed by atoms with van der Waals surface area (Å²) in [7, 11) is 0. The minimum absolute atomic E-state index is 0.139. The summed E-state index contributed by atoms with van der Waals surface area (Å²) in [4.78, 5) is 8.68. The van der Waals surface area contributed by atoms with Crippen molar-refractivity contribution < 1.29 is 4.52 Å². The molecule has 1 aliphatic rings. The summed E-state index contributed by atoms with van der Waals surface area (Å²) in [6, 6.07) is 5.95. The molecule has 0 radical (unpaired) electrons. The van der Waals surface area contributed by atoms with Crippen molar-refractivity contribution in [2.45, 2.75) is 44.6 Å². The zero-order valence-electron chi connectivity index (χ0n) is 11.5. The van der Waals surface area contributed by atoms with Crippen LogP contribution in [0.3, 0.4) is 0 Å². The molecule has 1 atom stereocenters. The lowest BCUT2D eigenvalue weighted by Crippen LogP contribution is -2.30. The van der Waals surface area contributed by atoms with E-state index in [9.17, 15) is 0 Å². The molecule has 0 aromatic carbocycles. The highest BCUT2D eigenvalue weighted by Crippen LogP contribution is 2.28. The first-order valence-electron chi connectivity index (χ1n) is 7.28. The fourth-order valence-electron chi connectivity index (χ4n) is 2.86. The zero-order chi connectivity index (χ0) is 13.8. The molecule has 0 spiro atoms. The molecule has 2 N–H and O–H groups in total. The predicted molar refractivity (Wildman–Crippen MR) is 75.0 cm³/mol. The van der Waals surface area contributed by atoms with Crippen LogP contribution < -0.4 is 5.73 Å². The molecule has 20 heavy (non-hydrogen) atoms. The second-order valence-electron chi connectivity index (χ2n) is 5.51. The minimum atomic E-state index is 0.139. The lowest BCUT2D eigenvalue weighted by molar-refractivity contribution is 0.339. The van der Waals surface area contributed by atoms with Gasteiger partial charge in [-0.3, -0.25) is 4.98 Å². The lowest BCUT2D eigenvalue weighted by atomic mass is 9.96. The summed E-state index contributed by atoms with van der Waals surface area (Å²) in [5.74, 6) is 1.94. The number of rotatable bonds is 5. The van der Waals surface area contributed by atoms with Gasteiger partial charge in [0.15, 0.2) is 5.82 Å². The van der Waals surface area contributed by atoms with Crippen LogP contribution in [0.15, 0.2) is 28.9 Å². The molecule has 2 heterocycles. The van der Waals surface area contributed by atoms with E-state index in [1.807, 2.05) is 18.2 Å². The maximum absolute atomic E-state index is 6.23. The first-order chi connectivity index (χ1) is 9.81. The normalized spacial score (nSPS) is 17.4. The van der Waals surface area contributed by atoms with E-state index in [1.54, 1.807) is 6.20 Å². The van der Waals surface area contributed by atoms with Crippen LogP contribution in [0.5, 0.6) is 0 Å². The monoisotopic (exact) mass is 272 g/mol. The van der Waals surface area contributed by atoms with Gasteiger partial charge in [0.05, 0.1) is 6.42 Å². The molecule has 1 fully saturated rings.